The molecule has 0 N–H and O–H groups in total. The molecule has 1 aliphatic carbocycles. The lowest BCUT2D eigenvalue weighted by molar-refractivity contribution is 0.0303. The van der Waals surface area contributed by atoms with Crippen LogP contribution in [0.15, 0.2) is 67.1 Å². The summed E-state index contributed by atoms with van der Waals surface area (Å²) in [4.78, 5) is 23.5. The van der Waals surface area contributed by atoms with Gasteiger partial charge in [0, 0.05) is 48.6 Å². The van der Waals surface area contributed by atoms with Gasteiger partial charge in [0.2, 0.25) is 0 Å². The van der Waals surface area contributed by atoms with Gasteiger partial charge in [0.1, 0.15) is 11.3 Å². The SMILES string of the molecule is O=C(c1ccc(-c2ccc3ncc(C#Cc4ccnc5c4C=CC5)n3c2)cc1)N1CCOCC1. The van der Waals surface area contributed by atoms with Crippen molar-refractivity contribution in [1.82, 2.24) is 19.3 Å². The minimum atomic E-state index is 0.0508. The van der Waals surface area contributed by atoms with Crippen LogP contribution in [0.4, 0.5) is 0 Å². The van der Waals surface area contributed by atoms with Crippen LogP contribution in [0.5, 0.6) is 0 Å². The highest BCUT2D eigenvalue weighted by Gasteiger charge is 2.18. The fourth-order valence-electron chi connectivity index (χ4n) is 4.39. The third kappa shape index (κ3) is 3.76. The van der Waals surface area contributed by atoms with Crippen molar-refractivity contribution in [3.8, 4) is 23.0 Å². The summed E-state index contributed by atoms with van der Waals surface area (Å²) in [7, 11) is 0. The molecule has 6 nitrogen and oxygen atoms in total. The topological polar surface area (TPSA) is 59.7 Å². The molecule has 6 rings (SSSR count). The number of morpholine rings is 1. The predicted octanol–water partition coefficient (Wildman–Crippen LogP) is 3.84. The van der Waals surface area contributed by atoms with E-state index in [4.69, 9.17) is 4.74 Å². The average Bonchev–Trinajstić information content (AvgIpc) is 3.55. The van der Waals surface area contributed by atoms with Crippen LogP contribution in [0.3, 0.4) is 0 Å². The molecule has 1 saturated heterocycles. The zero-order chi connectivity index (χ0) is 22.9. The number of aromatic nitrogens is 3. The van der Waals surface area contributed by atoms with Crippen molar-refractivity contribution in [2.24, 2.45) is 0 Å². The largest absolute Gasteiger partial charge is 0.378 e. The number of allylic oxidation sites excluding steroid dienone is 1. The lowest BCUT2D eigenvalue weighted by atomic mass is 10.0. The second kappa shape index (κ2) is 8.62. The molecule has 0 unspecified atom stereocenters. The van der Waals surface area contributed by atoms with Crippen molar-refractivity contribution >= 4 is 17.6 Å². The van der Waals surface area contributed by atoms with Crippen molar-refractivity contribution in [2.45, 2.75) is 6.42 Å². The summed E-state index contributed by atoms with van der Waals surface area (Å²) in [6, 6.07) is 13.7. The molecule has 166 valence electrons. The molecule has 1 aromatic carbocycles. The maximum Gasteiger partial charge on any atom is 0.254 e. The van der Waals surface area contributed by atoms with E-state index in [2.05, 4.69) is 34.0 Å². The number of hydrogen-bond donors (Lipinski definition) is 0. The highest BCUT2D eigenvalue weighted by atomic mass is 16.5. The zero-order valence-corrected chi connectivity index (χ0v) is 18.6. The van der Waals surface area contributed by atoms with Gasteiger partial charge in [0.25, 0.3) is 5.91 Å². The third-order valence-corrected chi connectivity index (χ3v) is 6.26. The Morgan fingerprint density at radius 2 is 1.76 bits per heavy atom. The third-order valence-electron chi connectivity index (χ3n) is 6.26. The second-order valence-electron chi connectivity index (χ2n) is 8.35. The number of rotatable bonds is 2. The Kier molecular flexibility index (Phi) is 5.17. The number of amides is 1. The van der Waals surface area contributed by atoms with Gasteiger partial charge in [-0.2, -0.15) is 0 Å². The molecule has 0 radical (unpaired) electrons. The van der Waals surface area contributed by atoms with Crippen LogP contribution < -0.4 is 0 Å². The van der Waals surface area contributed by atoms with Crippen LogP contribution in [0.25, 0.3) is 22.9 Å². The Morgan fingerprint density at radius 3 is 2.62 bits per heavy atom. The van der Waals surface area contributed by atoms with E-state index in [0.29, 0.717) is 31.9 Å². The summed E-state index contributed by atoms with van der Waals surface area (Å²) in [6.45, 7) is 2.47. The van der Waals surface area contributed by atoms with Crippen LogP contribution in [0.2, 0.25) is 0 Å². The van der Waals surface area contributed by atoms with Gasteiger partial charge < -0.3 is 9.64 Å². The van der Waals surface area contributed by atoms with Gasteiger partial charge in [-0.25, -0.2) is 4.98 Å². The number of imidazole rings is 1. The molecule has 4 heterocycles. The second-order valence-corrected chi connectivity index (χ2v) is 8.35. The Labute approximate surface area is 197 Å². The van der Waals surface area contributed by atoms with E-state index in [1.54, 1.807) is 6.20 Å². The molecule has 0 bridgehead atoms. The predicted molar refractivity (Wildman–Crippen MR) is 130 cm³/mol. The molecule has 4 aromatic rings. The Morgan fingerprint density at radius 1 is 0.941 bits per heavy atom. The summed E-state index contributed by atoms with van der Waals surface area (Å²) in [6.07, 6.45) is 10.7. The standard InChI is InChI=1S/C28H22N4O2/c33-28(31-14-16-34-17-15-31)22-6-4-20(5-7-22)23-9-11-27-30-18-24(32(27)19-23)10-8-21-12-13-29-26-3-1-2-25(21)26/h1-2,4-7,9,11-13,18-19H,3,14-17H2. The zero-order valence-electron chi connectivity index (χ0n) is 18.6. The van der Waals surface area contributed by atoms with E-state index in [9.17, 15) is 4.79 Å². The molecule has 1 fully saturated rings. The summed E-state index contributed by atoms with van der Waals surface area (Å²) >= 11 is 0. The van der Waals surface area contributed by atoms with Gasteiger partial charge in [0.05, 0.1) is 25.1 Å². The first-order chi connectivity index (χ1) is 16.8. The van der Waals surface area contributed by atoms with Crippen molar-refractivity contribution in [3.63, 3.8) is 0 Å². The van der Waals surface area contributed by atoms with Crippen molar-refractivity contribution in [2.75, 3.05) is 26.3 Å². The summed E-state index contributed by atoms with van der Waals surface area (Å²) in [5, 5.41) is 0. The number of nitrogens with zero attached hydrogens (tertiary/aromatic N) is 4. The summed E-state index contributed by atoms with van der Waals surface area (Å²) in [5.74, 6) is 6.63. The first-order valence-corrected chi connectivity index (χ1v) is 11.4. The molecule has 0 saturated carbocycles. The molecular formula is C28H22N4O2. The quantitative estimate of drug-likeness (QED) is 0.439. The molecule has 1 amide bonds. The highest BCUT2D eigenvalue weighted by Crippen LogP contribution is 2.23. The van der Waals surface area contributed by atoms with Gasteiger partial charge in [-0.15, -0.1) is 0 Å². The fourth-order valence-corrected chi connectivity index (χ4v) is 4.39. The highest BCUT2D eigenvalue weighted by molar-refractivity contribution is 5.94. The molecule has 0 spiro atoms. The van der Waals surface area contributed by atoms with Gasteiger partial charge in [-0.05, 0) is 47.4 Å². The summed E-state index contributed by atoms with van der Waals surface area (Å²) < 4.78 is 7.35. The molecule has 3 aromatic heterocycles. The first kappa shape index (κ1) is 20.4. The van der Waals surface area contributed by atoms with Gasteiger partial charge in [-0.1, -0.05) is 30.2 Å². The van der Waals surface area contributed by atoms with Crippen LogP contribution in [-0.4, -0.2) is 51.5 Å². The van der Waals surface area contributed by atoms with E-state index in [0.717, 1.165) is 45.7 Å². The maximum atomic E-state index is 12.7. The van der Waals surface area contributed by atoms with Crippen molar-refractivity contribution in [1.29, 1.82) is 0 Å². The summed E-state index contributed by atoms with van der Waals surface area (Å²) in [5.41, 5.74) is 7.58. The fraction of sp³-hybridized carbons (Fsp3) is 0.179. The average molecular weight is 447 g/mol. The minimum absolute atomic E-state index is 0.0508. The number of pyridine rings is 2. The lowest BCUT2D eigenvalue weighted by Gasteiger charge is -2.26. The lowest BCUT2D eigenvalue weighted by Crippen LogP contribution is -2.40. The maximum absolute atomic E-state index is 12.7. The number of fused-ring (bicyclic) bond motifs is 2. The van der Waals surface area contributed by atoms with Gasteiger partial charge in [-0.3, -0.25) is 14.2 Å². The van der Waals surface area contributed by atoms with Gasteiger partial charge >= 0.3 is 0 Å². The van der Waals surface area contributed by atoms with Crippen LogP contribution in [0, 0.1) is 11.8 Å². The number of carbonyl (C=O) groups excluding carboxylic acids is 1. The number of carbonyl (C=O) groups is 1. The molecular weight excluding hydrogens is 424 g/mol. The monoisotopic (exact) mass is 446 g/mol. The van der Waals surface area contributed by atoms with Crippen molar-refractivity contribution in [3.05, 3.63) is 95.2 Å². The molecule has 1 aliphatic heterocycles. The molecule has 0 atom stereocenters. The van der Waals surface area contributed by atoms with E-state index in [1.807, 2.05) is 64.2 Å². The number of ether oxygens (including phenoxy) is 1. The Bertz CT molecular complexity index is 1480. The smallest absolute Gasteiger partial charge is 0.254 e. The number of hydrogen-bond acceptors (Lipinski definition) is 4. The molecule has 6 heteroatoms. The van der Waals surface area contributed by atoms with Crippen LogP contribution in [0.1, 0.15) is 32.9 Å². The molecule has 2 aliphatic rings. The van der Waals surface area contributed by atoms with E-state index in [1.165, 1.54) is 0 Å². The van der Waals surface area contributed by atoms with E-state index in [-0.39, 0.29) is 5.91 Å². The van der Waals surface area contributed by atoms with Gasteiger partial charge in [0.15, 0.2) is 0 Å². The van der Waals surface area contributed by atoms with Crippen LogP contribution in [-0.2, 0) is 11.2 Å². The minimum Gasteiger partial charge on any atom is -0.378 e. The van der Waals surface area contributed by atoms with E-state index >= 15 is 0 Å². The first-order valence-electron chi connectivity index (χ1n) is 11.4. The van der Waals surface area contributed by atoms with Crippen molar-refractivity contribution < 1.29 is 9.53 Å². The van der Waals surface area contributed by atoms with Crippen LogP contribution >= 0.6 is 0 Å². The Balaban J connectivity index is 1.28. The Hall–Kier alpha value is -4.21. The normalized spacial score (nSPS) is 14.6. The number of benzene rings is 1. The van der Waals surface area contributed by atoms with E-state index < -0.39 is 0 Å². The molecule has 34 heavy (non-hydrogen) atoms.